The van der Waals surface area contributed by atoms with Crippen LogP contribution in [0.25, 0.3) is 0 Å². The van der Waals surface area contributed by atoms with Crippen molar-refractivity contribution in [2.75, 3.05) is 13.2 Å². The van der Waals surface area contributed by atoms with Crippen LogP contribution in [0, 0.1) is 6.92 Å². The number of benzene rings is 1. The molecule has 2 N–H and O–H groups in total. The number of hydrogen-bond donors (Lipinski definition) is 2. The highest BCUT2D eigenvalue weighted by Crippen LogP contribution is 2.36. The van der Waals surface area contributed by atoms with Crippen molar-refractivity contribution in [3.05, 3.63) is 47.3 Å². The van der Waals surface area contributed by atoms with Gasteiger partial charge >= 0.3 is 0 Å². The van der Waals surface area contributed by atoms with E-state index in [1.54, 1.807) is 6.26 Å². The molecule has 1 aromatic heterocycles. The molecule has 0 bridgehead atoms. The van der Waals surface area contributed by atoms with Crippen molar-refractivity contribution >= 4 is 0 Å². The van der Waals surface area contributed by atoms with Gasteiger partial charge in [-0.2, -0.15) is 0 Å². The van der Waals surface area contributed by atoms with Crippen molar-refractivity contribution in [1.82, 2.24) is 10.5 Å². The minimum Gasteiger partial charge on any atom is -0.493 e. The van der Waals surface area contributed by atoms with Crippen LogP contribution < -0.4 is 10.1 Å². The predicted molar refractivity (Wildman–Crippen MR) is 73.4 cm³/mol. The highest BCUT2D eigenvalue weighted by molar-refractivity contribution is 5.41. The summed E-state index contributed by atoms with van der Waals surface area (Å²) in [4.78, 5) is 0. The lowest BCUT2D eigenvalue weighted by molar-refractivity contribution is 0.106. The monoisotopic (exact) mass is 274 g/mol. The van der Waals surface area contributed by atoms with Gasteiger partial charge in [-0.05, 0) is 13.0 Å². The maximum absolute atomic E-state index is 9.93. The first kappa shape index (κ1) is 13.1. The molecule has 0 fully saturated rings. The summed E-state index contributed by atoms with van der Waals surface area (Å²) in [7, 11) is 0. The minimum absolute atomic E-state index is 0.0255. The maximum atomic E-state index is 9.93. The highest BCUT2D eigenvalue weighted by Gasteiger charge is 2.36. The van der Waals surface area contributed by atoms with Gasteiger partial charge in [0.05, 0.1) is 24.4 Å². The summed E-state index contributed by atoms with van der Waals surface area (Å²) >= 11 is 0. The number of aliphatic hydroxyl groups excluding tert-OH is 1. The Morgan fingerprint density at radius 2 is 2.25 bits per heavy atom. The molecular weight excluding hydrogens is 256 g/mol. The largest absolute Gasteiger partial charge is 0.493 e. The molecule has 106 valence electrons. The molecule has 1 unspecified atom stereocenters. The van der Waals surface area contributed by atoms with Crippen LogP contribution >= 0.6 is 0 Å². The minimum atomic E-state index is -0.474. The van der Waals surface area contributed by atoms with E-state index in [2.05, 4.69) is 10.5 Å². The number of fused-ring (bicyclic) bond motifs is 1. The molecule has 0 radical (unpaired) electrons. The molecule has 20 heavy (non-hydrogen) atoms. The maximum Gasteiger partial charge on any atom is 0.128 e. The van der Waals surface area contributed by atoms with Crippen LogP contribution in [0.15, 0.2) is 35.1 Å². The molecule has 1 atom stereocenters. The number of nitrogens with zero attached hydrogens (tertiary/aromatic N) is 1. The molecule has 3 rings (SSSR count). The van der Waals surface area contributed by atoms with Gasteiger partial charge in [-0.3, -0.25) is 0 Å². The van der Waals surface area contributed by atoms with Gasteiger partial charge < -0.3 is 19.7 Å². The zero-order valence-corrected chi connectivity index (χ0v) is 11.4. The van der Waals surface area contributed by atoms with Crippen molar-refractivity contribution < 1.29 is 14.4 Å². The molecule has 2 heterocycles. The van der Waals surface area contributed by atoms with Gasteiger partial charge in [-0.15, -0.1) is 0 Å². The van der Waals surface area contributed by atoms with Crippen LogP contribution in [0.4, 0.5) is 0 Å². The lowest BCUT2D eigenvalue weighted by Gasteiger charge is -2.38. The fourth-order valence-electron chi connectivity index (χ4n) is 2.61. The van der Waals surface area contributed by atoms with E-state index in [0.29, 0.717) is 13.2 Å². The van der Waals surface area contributed by atoms with Crippen molar-refractivity contribution in [3.63, 3.8) is 0 Å². The summed E-state index contributed by atoms with van der Waals surface area (Å²) in [6.07, 6.45) is 2.36. The Morgan fingerprint density at radius 3 is 3.00 bits per heavy atom. The number of nitrogens with one attached hydrogen (secondary N) is 1. The number of aliphatic hydroxyl groups is 1. The topological polar surface area (TPSA) is 67.5 Å². The normalized spacial score (nSPS) is 21.3. The zero-order chi connectivity index (χ0) is 14.0. The second-order valence-electron chi connectivity index (χ2n) is 5.11. The zero-order valence-electron chi connectivity index (χ0n) is 11.4. The molecule has 0 aliphatic carbocycles. The molecule has 2 aromatic rings. The first-order valence-electron chi connectivity index (χ1n) is 6.73. The molecule has 5 nitrogen and oxygen atoms in total. The Labute approximate surface area is 117 Å². The Hall–Kier alpha value is -1.85. The number of para-hydroxylation sites is 1. The van der Waals surface area contributed by atoms with Crippen LogP contribution in [0.1, 0.15) is 23.2 Å². The quantitative estimate of drug-likeness (QED) is 0.889. The smallest absolute Gasteiger partial charge is 0.128 e. The van der Waals surface area contributed by atoms with E-state index in [-0.39, 0.29) is 6.61 Å². The van der Waals surface area contributed by atoms with Crippen LogP contribution in [-0.4, -0.2) is 23.5 Å². The summed E-state index contributed by atoms with van der Waals surface area (Å²) in [6, 6.07) is 7.84. The van der Waals surface area contributed by atoms with Crippen molar-refractivity contribution in [2.45, 2.75) is 25.4 Å². The summed E-state index contributed by atoms with van der Waals surface area (Å²) in [5.74, 6) is 0.836. The van der Waals surface area contributed by atoms with Crippen molar-refractivity contribution in [2.24, 2.45) is 0 Å². The van der Waals surface area contributed by atoms with Gasteiger partial charge in [0.15, 0.2) is 0 Å². The number of ether oxygens (including phenoxy) is 1. The molecule has 0 amide bonds. The second-order valence-corrected chi connectivity index (χ2v) is 5.11. The first-order chi connectivity index (χ1) is 9.75. The Bertz CT molecular complexity index is 596. The van der Waals surface area contributed by atoms with E-state index in [0.717, 1.165) is 29.0 Å². The second kappa shape index (κ2) is 5.26. The molecule has 0 spiro atoms. The standard InChI is InChI=1S/C15H18N2O3/c1-11-12(9-20-17-11)8-16-15(10-18)6-7-19-14-5-3-2-4-13(14)15/h2-5,9,16,18H,6-8,10H2,1H3. The predicted octanol–water partition coefficient (Wildman–Crippen LogP) is 1.74. The van der Waals surface area contributed by atoms with Gasteiger partial charge in [0.1, 0.15) is 12.0 Å². The van der Waals surface area contributed by atoms with Crippen molar-refractivity contribution in [1.29, 1.82) is 0 Å². The molecule has 0 saturated carbocycles. The van der Waals surface area contributed by atoms with E-state index in [4.69, 9.17) is 9.26 Å². The van der Waals surface area contributed by atoms with E-state index < -0.39 is 5.54 Å². The first-order valence-corrected chi connectivity index (χ1v) is 6.73. The Balaban J connectivity index is 1.87. The number of rotatable bonds is 4. The third-order valence-corrected chi connectivity index (χ3v) is 3.93. The van der Waals surface area contributed by atoms with Crippen LogP contribution in [0.3, 0.4) is 0 Å². The fourth-order valence-corrected chi connectivity index (χ4v) is 2.61. The van der Waals surface area contributed by atoms with E-state index in [9.17, 15) is 5.11 Å². The lowest BCUT2D eigenvalue weighted by atomic mass is 9.85. The summed E-state index contributed by atoms with van der Waals surface area (Å²) < 4.78 is 10.6. The van der Waals surface area contributed by atoms with Gasteiger partial charge in [-0.25, -0.2) is 0 Å². The average Bonchev–Trinajstić information content (AvgIpc) is 2.90. The lowest BCUT2D eigenvalue weighted by Crippen LogP contribution is -2.48. The number of hydrogen-bond acceptors (Lipinski definition) is 5. The Morgan fingerprint density at radius 1 is 1.40 bits per heavy atom. The van der Waals surface area contributed by atoms with Crippen molar-refractivity contribution in [3.8, 4) is 5.75 Å². The highest BCUT2D eigenvalue weighted by atomic mass is 16.5. The van der Waals surface area contributed by atoms with E-state index in [1.807, 2.05) is 31.2 Å². The van der Waals surface area contributed by atoms with Gasteiger partial charge in [-0.1, -0.05) is 23.4 Å². The SMILES string of the molecule is Cc1nocc1CNC1(CO)CCOc2ccccc21. The van der Waals surface area contributed by atoms with E-state index in [1.165, 1.54) is 0 Å². The van der Waals surface area contributed by atoms with Crippen LogP contribution in [0.5, 0.6) is 5.75 Å². The average molecular weight is 274 g/mol. The summed E-state index contributed by atoms with van der Waals surface area (Å²) in [6.45, 7) is 3.12. The summed E-state index contributed by atoms with van der Waals surface area (Å²) in [5.41, 5.74) is 2.40. The molecule has 1 aliphatic rings. The number of aromatic nitrogens is 1. The molecular formula is C15H18N2O3. The molecule has 0 saturated heterocycles. The van der Waals surface area contributed by atoms with Gasteiger partial charge in [0.25, 0.3) is 0 Å². The van der Waals surface area contributed by atoms with Crippen LogP contribution in [-0.2, 0) is 12.1 Å². The summed E-state index contributed by atoms with van der Waals surface area (Å²) in [5, 5.41) is 17.3. The van der Waals surface area contributed by atoms with Crippen LogP contribution in [0.2, 0.25) is 0 Å². The Kier molecular flexibility index (Phi) is 3.46. The molecule has 5 heteroatoms. The fraction of sp³-hybridized carbons (Fsp3) is 0.400. The third kappa shape index (κ3) is 2.19. The third-order valence-electron chi connectivity index (χ3n) is 3.93. The number of aryl methyl sites for hydroxylation is 1. The van der Waals surface area contributed by atoms with E-state index >= 15 is 0 Å². The molecule has 1 aliphatic heterocycles. The van der Waals surface area contributed by atoms with Gasteiger partial charge in [0, 0.05) is 24.1 Å². The van der Waals surface area contributed by atoms with Gasteiger partial charge in [0.2, 0.25) is 0 Å². The molecule has 1 aromatic carbocycles.